The molecule has 0 radical (unpaired) electrons. The first-order valence-electron chi connectivity index (χ1n) is 9.29. The van der Waals surface area contributed by atoms with Crippen LogP contribution in [0.4, 0.5) is 5.69 Å². The van der Waals surface area contributed by atoms with Crippen LogP contribution in [-0.4, -0.2) is 48.7 Å². The second-order valence-corrected chi connectivity index (χ2v) is 7.11. The van der Waals surface area contributed by atoms with Crippen LogP contribution in [0.3, 0.4) is 0 Å². The van der Waals surface area contributed by atoms with Gasteiger partial charge in [0.15, 0.2) is 0 Å². The van der Waals surface area contributed by atoms with E-state index in [9.17, 15) is 15.2 Å². The summed E-state index contributed by atoms with van der Waals surface area (Å²) in [4.78, 5) is 16.1. The first kappa shape index (κ1) is 18.9. The average molecular weight is 363 g/mol. The Labute approximate surface area is 160 Å². The average Bonchev–Trinajstić information content (AvgIpc) is 2.67. The lowest BCUT2D eigenvalue weighted by Crippen LogP contribution is -2.47. The fourth-order valence-electron chi connectivity index (χ4n) is 3.73. The zero-order valence-electron chi connectivity index (χ0n) is 15.9. The predicted molar refractivity (Wildman–Crippen MR) is 106 cm³/mol. The molecule has 2 aromatic rings. The van der Waals surface area contributed by atoms with E-state index in [2.05, 4.69) is 15.9 Å². The van der Waals surface area contributed by atoms with Crippen molar-refractivity contribution in [2.45, 2.75) is 20.3 Å². The molecule has 0 amide bonds. The molecule has 140 valence electrons. The van der Waals surface area contributed by atoms with Crippen molar-refractivity contribution >= 4 is 11.7 Å². The Morgan fingerprint density at radius 2 is 1.81 bits per heavy atom. The molecule has 27 heavy (non-hydrogen) atoms. The second-order valence-electron chi connectivity index (χ2n) is 7.11. The summed E-state index contributed by atoms with van der Waals surface area (Å²) in [5, 5.41) is 18.6. The molecule has 0 saturated carbocycles. The fraction of sp³-hybridized carbons (Fsp3) is 0.364. The molecule has 1 N–H and O–H groups in total. The van der Waals surface area contributed by atoms with Crippen molar-refractivity contribution in [3.05, 3.63) is 64.2 Å². The topological polar surface area (TPSA) is 67.6 Å². The molecule has 1 fully saturated rings. The van der Waals surface area contributed by atoms with E-state index in [0.717, 1.165) is 67.1 Å². The maximum Gasteiger partial charge on any atom is 0.335 e. The summed E-state index contributed by atoms with van der Waals surface area (Å²) in [5.74, 6) is -0.862. The largest absolute Gasteiger partial charge is 0.478 e. The minimum absolute atomic E-state index is 0.397. The molecule has 1 saturated heterocycles. The fourth-order valence-corrected chi connectivity index (χ4v) is 3.73. The monoisotopic (exact) mass is 363 g/mol. The van der Waals surface area contributed by atoms with Gasteiger partial charge in [-0.2, -0.15) is 5.26 Å². The van der Waals surface area contributed by atoms with Gasteiger partial charge in [-0.1, -0.05) is 18.2 Å². The first-order chi connectivity index (χ1) is 13.0. The highest BCUT2D eigenvalue weighted by Gasteiger charge is 2.19. The summed E-state index contributed by atoms with van der Waals surface area (Å²) >= 11 is 0. The Morgan fingerprint density at radius 3 is 2.48 bits per heavy atom. The Kier molecular flexibility index (Phi) is 5.78. The number of aryl methyl sites for hydroxylation is 2. The third kappa shape index (κ3) is 4.29. The van der Waals surface area contributed by atoms with Gasteiger partial charge in [0.2, 0.25) is 0 Å². The summed E-state index contributed by atoms with van der Waals surface area (Å²) in [6.45, 7) is 8.48. The number of benzene rings is 2. The molecule has 5 nitrogen and oxygen atoms in total. The number of carboxylic acids is 1. The van der Waals surface area contributed by atoms with Gasteiger partial charge in [0.1, 0.15) is 6.07 Å². The summed E-state index contributed by atoms with van der Waals surface area (Å²) in [7, 11) is 0. The van der Waals surface area contributed by atoms with Crippen LogP contribution in [0, 0.1) is 25.2 Å². The number of carboxylic acid groups (broad SMARTS) is 1. The number of nitrogens with zero attached hydrogens (tertiary/aromatic N) is 3. The minimum atomic E-state index is -0.862. The Morgan fingerprint density at radius 1 is 1.11 bits per heavy atom. The number of nitriles is 1. The predicted octanol–water partition coefficient (Wildman–Crippen LogP) is 3.24. The molecular weight excluding hydrogens is 338 g/mol. The van der Waals surface area contributed by atoms with E-state index in [-0.39, 0.29) is 0 Å². The van der Waals surface area contributed by atoms with Gasteiger partial charge in [-0.15, -0.1) is 0 Å². The highest BCUT2D eigenvalue weighted by Crippen LogP contribution is 2.22. The van der Waals surface area contributed by atoms with E-state index in [1.165, 1.54) is 0 Å². The molecule has 2 aromatic carbocycles. The third-order valence-corrected chi connectivity index (χ3v) is 5.35. The zero-order chi connectivity index (χ0) is 19.4. The summed E-state index contributed by atoms with van der Waals surface area (Å²) in [6.07, 6.45) is 0.848. The van der Waals surface area contributed by atoms with Crippen molar-refractivity contribution < 1.29 is 9.90 Å². The molecule has 3 rings (SSSR count). The van der Waals surface area contributed by atoms with Crippen molar-refractivity contribution in [3.63, 3.8) is 0 Å². The van der Waals surface area contributed by atoms with Crippen LogP contribution in [-0.2, 0) is 6.42 Å². The van der Waals surface area contributed by atoms with Crippen LogP contribution < -0.4 is 4.90 Å². The molecule has 0 atom stereocenters. The Balaban J connectivity index is 1.60. The van der Waals surface area contributed by atoms with Crippen LogP contribution in [0.2, 0.25) is 0 Å². The normalized spacial score (nSPS) is 14.8. The first-order valence-corrected chi connectivity index (χ1v) is 9.29. The maximum absolute atomic E-state index is 11.4. The smallest absolute Gasteiger partial charge is 0.335 e. The number of carbonyl (C=O) groups is 1. The van der Waals surface area contributed by atoms with Gasteiger partial charge < -0.3 is 10.0 Å². The molecule has 1 heterocycles. The van der Waals surface area contributed by atoms with Gasteiger partial charge in [0.05, 0.1) is 16.8 Å². The molecule has 1 aliphatic rings. The van der Waals surface area contributed by atoms with E-state index in [0.29, 0.717) is 5.56 Å². The van der Waals surface area contributed by atoms with Gasteiger partial charge in [0.25, 0.3) is 0 Å². The molecule has 0 aliphatic carbocycles. The molecule has 1 aliphatic heterocycles. The number of aromatic carboxylic acids is 1. The lowest BCUT2D eigenvalue weighted by Gasteiger charge is -2.36. The van der Waals surface area contributed by atoms with Crippen LogP contribution in [0.1, 0.15) is 32.6 Å². The van der Waals surface area contributed by atoms with Crippen molar-refractivity contribution in [3.8, 4) is 6.07 Å². The second kappa shape index (κ2) is 8.24. The third-order valence-electron chi connectivity index (χ3n) is 5.35. The summed E-state index contributed by atoms with van der Waals surface area (Å²) in [5.41, 5.74) is 5.21. The number of anilines is 1. The maximum atomic E-state index is 11.4. The van der Waals surface area contributed by atoms with Gasteiger partial charge >= 0.3 is 5.97 Å². The van der Waals surface area contributed by atoms with Crippen LogP contribution in [0.5, 0.6) is 0 Å². The molecule has 0 unspecified atom stereocenters. The van der Waals surface area contributed by atoms with Gasteiger partial charge in [0, 0.05) is 32.7 Å². The Hall–Kier alpha value is -2.84. The zero-order valence-corrected chi connectivity index (χ0v) is 15.9. The molecule has 0 spiro atoms. The number of hydrogen-bond acceptors (Lipinski definition) is 4. The Bertz CT molecular complexity index is 878. The molecule has 0 aromatic heterocycles. The van der Waals surface area contributed by atoms with Crippen molar-refractivity contribution in [2.75, 3.05) is 37.6 Å². The standard InChI is InChI=1S/C22H25N3O2/c1-16-13-17(2)20(22(26)27)14-18(16)7-8-24-9-11-25(12-10-24)21-6-4-3-5-19(21)15-23/h3-6,13-14H,7-12H2,1-2H3,(H,26,27). The van der Waals surface area contributed by atoms with Gasteiger partial charge in [-0.3, -0.25) is 4.90 Å². The van der Waals surface area contributed by atoms with Crippen molar-refractivity contribution in [2.24, 2.45) is 0 Å². The van der Waals surface area contributed by atoms with E-state index in [4.69, 9.17) is 0 Å². The molecular formula is C22H25N3O2. The van der Waals surface area contributed by atoms with Crippen molar-refractivity contribution in [1.82, 2.24) is 4.90 Å². The lowest BCUT2D eigenvalue weighted by atomic mass is 9.98. The van der Waals surface area contributed by atoms with Crippen molar-refractivity contribution in [1.29, 1.82) is 5.26 Å². The number of rotatable bonds is 5. The SMILES string of the molecule is Cc1cc(C)c(C(=O)O)cc1CCN1CCN(c2ccccc2C#N)CC1. The highest BCUT2D eigenvalue weighted by atomic mass is 16.4. The molecule has 0 bridgehead atoms. The minimum Gasteiger partial charge on any atom is -0.478 e. The van der Waals surface area contributed by atoms with E-state index in [1.54, 1.807) is 0 Å². The highest BCUT2D eigenvalue weighted by molar-refractivity contribution is 5.89. The van der Waals surface area contributed by atoms with E-state index < -0.39 is 5.97 Å². The number of piperazine rings is 1. The quantitative estimate of drug-likeness (QED) is 0.883. The summed E-state index contributed by atoms with van der Waals surface area (Å²) in [6, 6.07) is 13.8. The summed E-state index contributed by atoms with van der Waals surface area (Å²) < 4.78 is 0. The van der Waals surface area contributed by atoms with E-state index >= 15 is 0 Å². The number of hydrogen-bond donors (Lipinski definition) is 1. The van der Waals surface area contributed by atoms with Crippen LogP contribution >= 0.6 is 0 Å². The molecule has 5 heteroatoms. The van der Waals surface area contributed by atoms with Crippen LogP contribution in [0.15, 0.2) is 36.4 Å². The van der Waals surface area contributed by atoms with Gasteiger partial charge in [-0.25, -0.2) is 4.79 Å². The van der Waals surface area contributed by atoms with Gasteiger partial charge in [-0.05, 0) is 55.2 Å². The number of para-hydroxylation sites is 1. The van der Waals surface area contributed by atoms with Crippen LogP contribution in [0.25, 0.3) is 0 Å². The lowest BCUT2D eigenvalue weighted by molar-refractivity contribution is 0.0696. The van der Waals surface area contributed by atoms with E-state index in [1.807, 2.05) is 50.2 Å².